The molecule has 3 nitrogen and oxygen atoms in total. The molecule has 0 radical (unpaired) electrons. The van der Waals surface area contributed by atoms with Gasteiger partial charge in [0.2, 0.25) is 0 Å². The molecule has 3 N–H and O–H groups in total. The van der Waals surface area contributed by atoms with E-state index in [2.05, 4.69) is 10.3 Å². The van der Waals surface area contributed by atoms with E-state index in [1.165, 1.54) is 18.9 Å². The number of benzene rings is 1. The Kier molecular flexibility index (Phi) is 2.50. The molecule has 1 aromatic carbocycles. The van der Waals surface area contributed by atoms with Crippen LogP contribution in [0.25, 0.3) is 0 Å². The highest BCUT2D eigenvalue weighted by Crippen LogP contribution is 2.43. The van der Waals surface area contributed by atoms with Gasteiger partial charge in [0, 0.05) is 12.0 Å². The van der Waals surface area contributed by atoms with Gasteiger partial charge in [-0.2, -0.15) is 0 Å². The van der Waals surface area contributed by atoms with Crippen LogP contribution in [0.4, 0.5) is 4.39 Å². The van der Waals surface area contributed by atoms with E-state index in [0.29, 0.717) is 17.9 Å². The standard InChI is InChI=1S/C13H16FN3/c14-9-3-1-2-8(6-9)11-7-12(11)17-13(15)16-10-4-5-10/h1-3,6,10-12H,4-5,7H2,(H3,15,16,17). The van der Waals surface area contributed by atoms with Crippen molar-refractivity contribution < 1.29 is 4.39 Å². The summed E-state index contributed by atoms with van der Waals surface area (Å²) in [6.45, 7) is 0. The summed E-state index contributed by atoms with van der Waals surface area (Å²) in [6.07, 6.45) is 3.35. The third-order valence-electron chi connectivity index (χ3n) is 3.27. The average Bonchev–Trinajstić information content (AvgIpc) is 3.15. The molecule has 0 aromatic heterocycles. The SMILES string of the molecule is NC(=NC1CC1c1cccc(F)c1)NC1CC1. The molecular formula is C13H16FN3. The first kappa shape index (κ1) is 10.6. The van der Waals surface area contributed by atoms with Crippen molar-refractivity contribution in [1.29, 1.82) is 0 Å². The van der Waals surface area contributed by atoms with Gasteiger partial charge in [-0.25, -0.2) is 9.38 Å². The molecule has 0 heterocycles. The molecule has 1 aromatic rings. The van der Waals surface area contributed by atoms with Crippen molar-refractivity contribution in [2.75, 3.05) is 0 Å². The zero-order valence-electron chi connectivity index (χ0n) is 9.57. The van der Waals surface area contributed by atoms with Crippen LogP contribution < -0.4 is 11.1 Å². The second-order valence-electron chi connectivity index (χ2n) is 4.90. The number of nitrogens with zero attached hydrogens (tertiary/aromatic N) is 1. The zero-order valence-corrected chi connectivity index (χ0v) is 9.57. The van der Waals surface area contributed by atoms with Gasteiger partial charge in [-0.1, -0.05) is 12.1 Å². The number of nitrogens with two attached hydrogens (primary N) is 1. The minimum atomic E-state index is -0.179. The maximum absolute atomic E-state index is 13.1. The first-order chi connectivity index (χ1) is 8.22. The largest absolute Gasteiger partial charge is 0.370 e. The average molecular weight is 233 g/mol. The smallest absolute Gasteiger partial charge is 0.189 e. The fourth-order valence-electron chi connectivity index (χ4n) is 2.07. The summed E-state index contributed by atoms with van der Waals surface area (Å²) < 4.78 is 13.1. The second-order valence-corrected chi connectivity index (χ2v) is 4.90. The Balaban J connectivity index is 1.61. The van der Waals surface area contributed by atoms with E-state index in [1.807, 2.05) is 6.07 Å². The molecule has 0 amide bonds. The highest BCUT2D eigenvalue weighted by Gasteiger charge is 2.39. The molecule has 0 spiro atoms. The van der Waals surface area contributed by atoms with E-state index in [0.717, 1.165) is 12.0 Å². The number of rotatable bonds is 3. The van der Waals surface area contributed by atoms with Gasteiger partial charge < -0.3 is 11.1 Å². The zero-order chi connectivity index (χ0) is 11.8. The molecule has 90 valence electrons. The Bertz CT molecular complexity index is 454. The van der Waals surface area contributed by atoms with Gasteiger partial charge in [-0.05, 0) is 37.0 Å². The van der Waals surface area contributed by atoms with Crippen LogP contribution in [0.1, 0.15) is 30.7 Å². The van der Waals surface area contributed by atoms with Gasteiger partial charge in [-0.3, -0.25) is 0 Å². The van der Waals surface area contributed by atoms with Crippen LogP contribution in [-0.2, 0) is 0 Å². The Morgan fingerprint density at radius 1 is 1.41 bits per heavy atom. The minimum Gasteiger partial charge on any atom is -0.370 e. The van der Waals surface area contributed by atoms with Crippen LogP contribution in [0.5, 0.6) is 0 Å². The quantitative estimate of drug-likeness (QED) is 0.617. The van der Waals surface area contributed by atoms with E-state index in [1.54, 1.807) is 12.1 Å². The number of aliphatic imine (C=N–C) groups is 1. The number of hydrogen-bond acceptors (Lipinski definition) is 1. The van der Waals surface area contributed by atoms with Gasteiger partial charge in [0.25, 0.3) is 0 Å². The van der Waals surface area contributed by atoms with E-state index in [-0.39, 0.29) is 11.9 Å². The molecule has 17 heavy (non-hydrogen) atoms. The third-order valence-corrected chi connectivity index (χ3v) is 3.27. The molecule has 0 aliphatic heterocycles. The maximum atomic E-state index is 13.1. The van der Waals surface area contributed by atoms with Crippen molar-refractivity contribution >= 4 is 5.96 Å². The lowest BCUT2D eigenvalue weighted by Gasteiger charge is -2.02. The first-order valence-corrected chi connectivity index (χ1v) is 6.07. The topological polar surface area (TPSA) is 50.4 Å². The number of guanidine groups is 1. The Labute approximate surface area is 99.9 Å². The number of hydrogen-bond donors (Lipinski definition) is 2. The van der Waals surface area contributed by atoms with Gasteiger partial charge >= 0.3 is 0 Å². The van der Waals surface area contributed by atoms with Crippen molar-refractivity contribution in [3.05, 3.63) is 35.6 Å². The normalized spacial score (nSPS) is 27.9. The van der Waals surface area contributed by atoms with E-state index in [4.69, 9.17) is 5.73 Å². The van der Waals surface area contributed by atoms with Crippen molar-refractivity contribution in [2.24, 2.45) is 10.7 Å². The van der Waals surface area contributed by atoms with Crippen LogP contribution in [-0.4, -0.2) is 18.0 Å². The molecule has 2 saturated carbocycles. The van der Waals surface area contributed by atoms with Crippen LogP contribution in [0.3, 0.4) is 0 Å². The number of nitrogens with one attached hydrogen (secondary N) is 1. The Hall–Kier alpha value is -1.58. The van der Waals surface area contributed by atoms with Crippen LogP contribution in [0.2, 0.25) is 0 Å². The lowest BCUT2D eigenvalue weighted by molar-refractivity contribution is 0.625. The predicted molar refractivity (Wildman–Crippen MR) is 65.3 cm³/mol. The highest BCUT2D eigenvalue weighted by molar-refractivity contribution is 5.79. The predicted octanol–water partition coefficient (Wildman–Crippen LogP) is 1.75. The van der Waals surface area contributed by atoms with Gasteiger partial charge in [-0.15, -0.1) is 0 Å². The molecule has 3 rings (SSSR count). The van der Waals surface area contributed by atoms with E-state index in [9.17, 15) is 4.39 Å². The Morgan fingerprint density at radius 3 is 2.94 bits per heavy atom. The summed E-state index contributed by atoms with van der Waals surface area (Å²) in [4.78, 5) is 4.42. The van der Waals surface area contributed by atoms with E-state index >= 15 is 0 Å². The molecule has 0 bridgehead atoms. The molecule has 2 fully saturated rings. The van der Waals surface area contributed by atoms with Gasteiger partial charge in [0.05, 0.1) is 6.04 Å². The summed E-state index contributed by atoms with van der Waals surface area (Å²) in [6, 6.07) is 7.51. The monoisotopic (exact) mass is 233 g/mol. The van der Waals surface area contributed by atoms with E-state index < -0.39 is 0 Å². The summed E-state index contributed by atoms with van der Waals surface area (Å²) in [5.41, 5.74) is 6.82. The summed E-state index contributed by atoms with van der Waals surface area (Å²) in [5, 5.41) is 3.16. The summed E-state index contributed by atoms with van der Waals surface area (Å²) in [7, 11) is 0. The van der Waals surface area contributed by atoms with Crippen LogP contribution in [0, 0.1) is 5.82 Å². The molecule has 4 heteroatoms. The molecule has 2 atom stereocenters. The maximum Gasteiger partial charge on any atom is 0.189 e. The Morgan fingerprint density at radius 2 is 2.24 bits per heavy atom. The second kappa shape index (κ2) is 4.02. The number of halogens is 1. The van der Waals surface area contributed by atoms with Crippen molar-refractivity contribution in [2.45, 2.75) is 37.3 Å². The summed E-state index contributed by atoms with van der Waals surface area (Å²) in [5.74, 6) is 0.697. The van der Waals surface area contributed by atoms with Gasteiger partial charge in [0.1, 0.15) is 5.82 Å². The molecule has 2 aliphatic carbocycles. The molecule has 2 aliphatic rings. The van der Waals surface area contributed by atoms with Gasteiger partial charge in [0.15, 0.2) is 5.96 Å². The van der Waals surface area contributed by atoms with Crippen LogP contribution >= 0.6 is 0 Å². The lowest BCUT2D eigenvalue weighted by Crippen LogP contribution is -2.33. The molecule has 0 saturated heterocycles. The summed E-state index contributed by atoms with van der Waals surface area (Å²) >= 11 is 0. The molecule has 2 unspecified atom stereocenters. The first-order valence-electron chi connectivity index (χ1n) is 6.07. The van der Waals surface area contributed by atoms with Crippen molar-refractivity contribution in [1.82, 2.24) is 5.32 Å². The van der Waals surface area contributed by atoms with Crippen molar-refractivity contribution in [3.63, 3.8) is 0 Å². The van der Waals surface area contributed by atoms with Crippen molar-refractivity contribution in [3.8, 4) is 0 Å². The fourth-order valence-corrected chi connectivity index (χ4v) is 2.07. The fraction of sp³-hybridized carbons (Fsp3) is 0.462. The highest BCUT2D eigenvalue weighted by atomic mass is 19.1. The molecular weight excluding hydrogens is 217 g/mol. The minimum absolute atomic E-state index is 0.179. The lowest BCUT2D eigenvalue weighted by atomic mass is 10.1. The van der Waals surface area contributed by atoms with Crippen LogP contribution in [0.15, 0.2) is 29.3 Å². The third kappa shape index (κ3) is 2.57.